The summed E-state index contributed by atoms with van der Waals surface area (Å²) in [5, 5.41) is 1.06. The van der Waals surface area contributed by atoms with Gasteiger partial charge in [0.2, 0.25) is 5.76 Å². The highest BCUT2D eigenvalue weighted by Crippen LogP contribution is 2.40. The van der Waals surface area contributed by atoms with Crippen LogP contribution in [-0.2, 0) is 6.54 Å². The molecule has 0 spiro atoms. The second-order valence-electron chi connectivity index (χ2n) is 8.33. The molecule has 5 rings (SSSR count). The SMILES string of the molecule is COc1cccc(C2c3c(oc4cc(C)cc(C)c4c3=O)C(=O)N2Cc2ccccc2Cl)c1. The van der Waals surface area contributed by atoms with E-state index in [0.717, 1.165) is 22.3 Å². The van der Waals surface area contributed by atoms with Crippen molar-refractivity contribution in [1.29, 1.82) is 0 Å². The zero-order valence-corrected chi connectivity index (χ0v) is 19.3. The summed E-state index contributed by atoms with van der Waals surface area (Å²) in [6.45, 7) is 4.06. The van der Waals surface area contributed by atoms with Gasteiger partial charge in [-0.25, -0.2) is 0 Å². The molecule has 0 aliphatic carbocycles. The number of benzene rings is 3. The van der Waals surface area contributed by atoms with Gasteiger partial charge in [-0.2, -0.15) is 0 Å². The predicted molar refractivity (Wildman–Crippen MR) is 128 cm³/mol. The first-order chi connectivity index (χ1) is 15.9. The molecule has 6 heteroatoms. The fourth-order valence-corrected chi connectivity index (χ4v) is 4.84. The van der Waals surface area contributed by atoms with E-state index in [9.17, 15) is 9.59 Å². The summed E-state index contributed by atoms with van der Waals surface area (Å²) in [6.07, 6.45) is 0. The molecule has 166 valence electrons. The molecule has 1 aromatic heterocycles. The van der Waals surface area contributed by atoms with E-state index >= 15 is 0 Å². The molecule has 1 amide bonds. The second kappa shape index (κ2) is 8.09. The molecule has 2 heterocycles. The Morgan fingerprint density at radius 2 is 1.82 bits per heavy atom. The van der Waals surface area contributed by atoms with Crippen LogP contribution in [0.15, 0.2) is 69.9 Å². The van der Waals surface area contributed by atoms with Gasteiger partial charge in [-0.15, -0.1) is 0 Å². The monoisotopic (exact) mass is 459 g/mol. The van der Waals surface area contributed by atoms with Crippen LogP contribution < -0.4 is 10.2 Å². The number of nitrogens with zero attached hydrogens (tertiary/aromatic N) is 1. The molecular weight excluding hydrogens is 438 g/mol. The van der Waals surface area contributed by atoms with Gasteiger partial charge in [-0.05, 0) is 60.4 Å². The number of fused-ring (bicyclic) bond motifs is 2. The lowest BCUT2D eigenvalue weighted by Crippen LogP contribution is -2.29. The van der Waals surface area contributed by atoms with E-state index in [-0.39, 0.29) is 23.6 Å². The standard InChI is InChI=1S/C27H22ClNO4/c1-15-11-16(2)22-21(12-15)33-26-23(25(22)30)24(17-8-6-9-19(13-17)32-3)29(27(26)31)14-18-7-4-5-10-20(18)28/h4-13,24H,14H2,1-3H3. The van der Waals surface area contributed by atoms with Crippen molar-refractivity contribution in [2.45, 2.75) is 26.4 Å². The highest BCUT2D eigenvalue weighted by Gasteiger charge is 2.43. The molecule has 5 nitrogen and oxygen atoms in total. The highest BCUT2D eigenvalue weighted by atomic mass is 35.5. The van der Waals surface area contributed by atoms with Crippen molar-refractivity contribution in [3.05, 3.63) is 109 Å². The summed E-state index contributed by atoms with van der Waals surface area (Å²) in [5.74, 6) is 0.386. The Labute approximate surface area is 196 Å². The Morgan fingerprint density at radius 1 is 1.03 bits per heavy atom. The smallest absolute Gasteiger partial charge is 0.291 e. The van der Waals surface area contributed by atoms with Gasteiger partial charge < -0.3 is 14.1 Å². The Kier molecular flexibility index (Phi) is 5.22. The fraction of sp³-hybridized carbons (Fsp3) is 0.185. The Balaban J connectivity index is 1.77. The summed E-state index contributed by atoms with van der Waals surface area (Å²) < 4.78 is 11.5. The van der Waals surface area contributed by atoms with Gasteiger partial charge in [0.15, 0.2) is 5.43 Å². The van der Waals surface area contributed by atoms with Gasteiger partial charge in [-0.3, -0.25) is 9.59 Å². The molecule has 1 atom stereocenters. The lowest BCUT2D eigenvalue weighted by Gasteiger charge is -2.26. The van der Waals surface area contributed by atoms with E-state index in [0.29, 0.717) is 27.3 Å². The van der Waals surface area contributed by atoms with E-state index in [1.165, 1.54) is 0 Å². The first-order valence-corrected chi connectivity index (χ1v) is 11.0. The predicted octanol–water partition coefficient (Wildman–Crippen LogP) is 5.82. The third kappa shape index (κ3) is 3.49. The molecule has 1 unspecified atom stereocenters. The van der Waals surface area contributed by atoms with E-state index in [1.807, 2.05) is 62.4 Å². The Bertz CT molecular complexity index is 1470. The number of rotatable bonds is 4. The second-order valence-corrected chi connectivity index (χ2v) is 8.74. The molecule has 0 fully saturated rings. The molecule has 1 aliphatic heterocycles. The van der Waals surface area contributed by atoms with Crippen molar-refractivity contribution in [2.75, 3.05) is 7.11 Å². The summed E-state index contributed by atoms with van der Waals surface area (Å²) in [5.41, 5.74) is 3.93. The fourth-order valence-electron chi connectivity index (χ4n) is 4.64. The molecule has 0 N–H and O–H groups in total. The van der Waals surface area contributed by atoms with Crippen LogP contribution in [-0.4, -0.2) is 17.9 Å². The van der Waals surface area contributed by atoms with E-state index in [1.54, 1.807) is 24.1 Å². The maximum absolute atomic E-state index is 13.8. The molecule has 0 saturated heterocycles. The lowest BCUT2D eigenvalue weighted by molar-refractivity contribution is 0.0714. The molecule has 33 heavy (non-hydrogen) atoms. The molecular formula is C27H22ClNO4. The normalized spacial score (nSPS) is 15.2. The van der Waals surface area contributed by atoms with Crippen molar-refractivity contribution in [1.82, 2.24) is 4.90 Å². The highest BCUT2D eigenvalue weighted by molar-refractivity contribution is 6.31. The molecule has 4 aromatic rings. The minimum atomic E-state index is -0.625. The first kappa shape index (κ1) is 21.3. The maximum Gasteiger partial charge on any atom is 0.291 e. The van der Waals surface area contributed by atoms with Gasteiger partial charge in [0.05, 0.1) is 24.1 Å². The van der Waals surface area contributed by atoms with Crippen LogP contribution in [0.4, 0.5) is 0 Å². The third-order valence-electron chi connectivity index (χ3n) is 6.12. The number of carbonyl (C=O) groups is 1. The number of amides is 1. The lowest BCUT2D eigenvalue weighted by atomic mass is 9.96. The van der Waals surface area contributed by atoms with Crippen LogP contribution in [0.2, 0.25) is 5.02 Å². The molecule has 3 aromatic carbocycles. The van der Waals surface area contributed by atoms with E-state index < -0.39 is 6.04 Å². The Morgan fingerprint density at radius 3 is 2.58 bits per heavy atom. The summed E-state index contributed by atoms with van der Waals surface area (Å²) in [4.78, 5) is 29.1. The van der Waals surface area contributed by atoms with Gasteiger partial charge in [0.1, 0.15) is 11.3 Å². The molecule has 0 radical (unpaired) electrons. The largest absolute Gasteiger partial charge is 0.497 e. The first-order valence-electron chi connectivity index (χ1n) is 10.7. The van der Waals surface area contributed by atoms with Crippen LogP contribution in [0.5, 0.6) is 5.75 Å². The van der Waals surface area contributed by atoms with Crippen LogP contribution in [0.25, 0.3) is 11.0 Å². The van der Waals surface area contributed by atoms with Crippen molar-refractivity contribution in [3.8, 4) is 5.75 Å². The number of carbonyl (C=O) groups excluding carboxylic acids is 1. The minimum absolute atomic E-state index is 0.0809. The zero-order valence-electron chi connectivity index (χ0n) is 18.5. The number of hydrogen-bond donors (Lipinski definition) is 0. The number of hydrogen-bond acceptors (Lipinski definition) is 4. The number of ether oxygens (including phenoxy) is 1. The summed E-state index contributed by atoms with van der Waals surface area (Å²) in [7, 11) is 1.59. The Hall–Kier alpha value is -3.57. The van der Waals surface area contributed by atoms with Crippen LogP contribution in [0.1, 0.15) is 44.4 Å². The summed E-state index contributed by atoms with van der Waals surface area (Å²) >= 11 is 6.41. The van der Waals surface area contributed by atoms with Crippen molar-refractivity contribution >= 4 is 28.5 Å². The quantitative estimate of drug-likeness (QED) is 0.386. The summed E-state index contributed by atoms with van der Waals surface area (Å²) in [6, 6.07) is 17.9. The number of aryl methyl sites for hydroxylation is 2. The average Bonchev–Trinajstić information content (AvgIpc) is 3.07. The number of halogens is 1. The van der Waals surface area contributed by atoms with Crippen molar-refractivity contribution in [3.63, 3.8) is 0 Å². The van der Waals surface area contributed by atoms with Crippen LogP contribution in [0.3, 0.4) is 0 Å². The van der Waals surface area contributed by atoms with Crippen LogP contribution in [0, 0.1) is 13.8 Å². The van der Waals surface area contributed by atoms with Gasteiger partial charge in [0.25, 0.3) is 5.91 Å². The molecule has 0 saturated carbocycles. The van der Waals surface area contributed by atoms with Gasteiger partial charge in [0, 0.05) is 11.6 Å². The van der Waals surface area contributed by atoms with Gasteiger partial charge in [-0.1, -0.05) is 48.0 Å². The van der Waals surface area contributed by atoms with Crippen LogP contribution >= 0.6 is 11.6 Å². The minimum Gasteiger partial charge on any atom is -0.497 e. The van der Waals surface area contributed by atoms with Gasteiger partial charge >= 0.3 is 0 Å². The molecule has 0 bridgehead atoms. The van der Waals surface area contributed by atoms with Crippen molar-refractivity contribution in [2.24, 2.45) is 0 Å². The van der Waals surface area contributed by atoms with E-state index in [4.69, 9.17) is 20.8 Å². The topological polar surface area (TPSA) is 59.8 Å². The number of methoxy groups -OCH3 is 1. The van der Waals surface area contributed by atoms with Crippen molar-refractivity contribution < 1.29 is 13.9 Å². The molecule has 1 aliphatic rings. The zero-order chi connectivity index (χ0) is 23.3. The maximum atomic E-state index is 13.8. The third-order valence-corrected chi connectivity index (χ3v) is 6.49. The van der Waals surface area contributed by atoms with E-state index in [2.05, 4.69) is 0 Å². The average molecular weight is 460 g/mol.